The fraction of sp³-hybridized carbons (Fsp3) is 0.200. The Hall–Kier alpha value is -2.84. The van der Waals surface area contributed by atoms with Crippen LogP contribution in [0, 0.1) is 0 Å². The number of hydrogen-bond acceptors (Lipinski definition) is 6. The predicted molar refractivity (Wildman–Crippen MR) is 67.7 cm³/mol. The molecule has 0 amide bonds. The summed E-state index contributed by atoms with van der Waals surface area (Å²) in [5.74, 6) is -0.923. The second-order valence-electron chi connectivity index (χ2n) is 3.95. The van der Waals surface area contributed by atoms with Crippen LogP contribution < -0.4 is 17.0 Å². The number of nitrogen functional groups attached to an aromatic ring is 2. The Labute approximate surface area is 106 Å². The summed E-state index contributed by atoms with van der Waals surface area (Å²) in [5, 5.41) is 6.19. The summed E-state index contributed by atoms with van der Waals surface area (Å²) in [6, 6.07) is 1.34. The van der Waals surface area contributed by atoms with Crippen LogP contribution in [0.4, 0.5) is 11.6 Å². The Kier molecular flexibility index (Phi) is 2.74. The summed E-state index contributed by atoms with van der Waals surface area (Å²) in [7, 11) is 0. The number of hydrogen-bond donors (Lipinski definition) is 3. The van der Waals surface area contributed by atoms with Crippen LogP contribution in [0.2, 0.25) is 0 Å². The van der Waals surface area contributed by atoms with Gasteiger partial charge in [0, 0.05) is 19.9 Å². The van der Waals surface area contributed by atoms with E-state index in [1.807, 2.05) is 0 Å². The lowest BCUT2D eigenvalue weighted by Crippen LogP contribution is -2.23. The van der Waals surface area contributed by atoms with E-state index in [4.69, 9.17) is 11.5 Å². The highest BCUT2D eigenvalue weighted by molar-refractivity contribution is 5.86. The van der Waals surface area contributed by atoms with Crippen LogP contribution in [0.5, 0.6) is 0 Å². The molecule has 0 radical (unpaired) electrons. The summed E-state index contributed by atoms with van der Waals surface area (Å²) >= 11 is 0. The van der Waals surface area contributed by atoms with Crippen LogP contribution in [0.3, 0.4) is 0 Å². The lowest BCUT2D eigenvalue weighted by molar-refractivity contribution is 0.0913. The van der Waals surface area contributed by atoms with Gasteiger partial charge in [0.2, 0.25) is 11.8 Å². The molecule has 0 bridgehead atoms. The molecule has 5 N–H and O–H groups in total. The Bertz CT molecular complexity index is 735. The van der Waals surface area contributed by atoms with Gasteiger partial charge in [-0.15, -0.1) is 5.10 Å². The summed E-state index contributed by atoms with van der Waals surface area (Å²) in [5.41, 5.74) is 10.6. The fourth-order valence-corrected chi connectivity index (χ4v) is 1.74. The van der Waals surface area contributed by atoms with Crippen molar-refractivity contribution in [2.24, 2.45) is 0 Å². The molecular formula is C10H12N6O3. The Morgan fingerprint density at radius 1 is 1.26 bits per heavy atom. The molecule has 0 aliphatic carbocycles. The molecule has 9 heteroatoms. The van der Waals surface area contributed by atoms with E-state index in [9.17, 15) is 14.4 Å². The van der Waals surface area contributed by atoms with Gasteiger partial charge in [-0.3, -0.25) is 19.5 Å². The predicted octanol–water partition coefficient (Wildman–Crippen LogP) is -0.476. The van der Waals surface area contributed by atoms with Crippen LogP contribution >= 0.6 is 0 Å². The van der Waals surface area contributed by atoms with E-state index in [1.165, 1.54) is 19.9 Å². The van der Waals surface area contributed by atoms with Gasteiger partial charge in [-0.25, -0.2) is 0 Å². The highest BCUT2D eigenvalue weighted by Gasteiger charge is 2.21. The molecule has 2 aromatic rings. The summed E-state index contributed by atoms with van der Waals surface area (Å²) in [6.45, 7) is 2.47. The molecule has 100 valence electrons. The summed E-state index contributed by atoms with van der Waals surface area (Å²) < 4.78 is 1.71. The van der Waals surface area contributed by atoms with Crippen molar-refractivity contribution < 1.29 is 9.59 Å². The molecule has 2 rings (SSSR count). The average molecular weight is 264 g/mol. The van der Waals surface area contributed by atoms with Crippen molar-refractivity contribution >= 4 is 23.5 Å². The number of nitrogens with zero attached hydrogens (tertiary/aromatic N) is 3. The molecule has 0 aliphatic rings. The van der Waals surface area contributed by atoms with Crippen molar-refractivity contribution in [3.8, 4) is 11.3 Å². The number of anilines is 2. The van der Waals surface area contributed by atoms with Crippen molar-refractivity contribution in [3.05, 3.63) is 16.4 Å². The maximum absolute atomic E-state index is 12.1. The molecule has 9 nitrogen and oxygen atoms in total. The Morgan fingerprint density at radius 3 is 2.37 bits per heavy atom. The lowest BCUT2D eigenvalue weighted by atomic mass is 10.2. The molecule has 2 heterocycles. The number of H-pyrrole nitrogens is 1. The highest BCUT2D eigenvalue weighted by atomic mass is 16.2. The number of carbonyl (C=O) groups excluding carboxylic acids is 2. The maximum atomic E-state index is 12.1. The van der Waals surface area contributed by atoms with Gasteiger partial charge < -0.3 is 11.5 Å². The molecule has 0 atom stereocenters. The normalized spacial score (nSPS) is 10.6. The van der Waals surface area contributed by atoms with Crippen molar-refractivity contribution in [1.29, 1.82) is 0 Å². The van der Waals surface area contributed by atoms with E-state index in [1.54, 1.807) is 0 Å². The van der Waals surface area contributed by atoms with Gasteiger partial charge >= 0.3 is 0 Å². The molecule has 0 saturated heterocycles. The van der Waals surface area contributed by atoms with E-state index in [-0.39, 0.29) is 22.9 Å². The second kappa shape index (κ2) is 4.12. The van der Waals surface area contributed by atoms with Gasteiger partial charge in [0.05, 0.1) is 5.69 Å². The van der Waals surface area contributed by atoms with Gasteiger partial charge in [-0.1, -0.05) is 0 Å². The second-order valence-corrected chi connectivity index (χ2v) is 3.95. The van der Waals surface area contributed by atoms with Crippen molar-refractivity contribution in [2.45, 2.75) is 13.8 Å². The van der Waals surface area contributed by atoms with E-state index in [2.05, 4.69) is 10.2 Å². The van der Waals surface area contributed by atoms with Gasteiger partial charge in [0.25, 0.3) is 5.56 Å². The van der Waals surface area contributed by atoms with Crippen LogP contribution in [-0.4, -0.2) is 31.4 Å². The third-order valence-corrected chi connectivity index (χ3v) is 2.52. The van der Waals surface area contributed by atoms with E-state index in [0.29, 0.717) is 0 Å². The molecule has 0 fully saturated rings. The topological polar surface area (TPSA) is 142 Å². The summed E-state index contributed by atoms with van der Waals surface area (Å²) in [6.07, 6.45) is 0. The van der Waals surface area contributed by atoms with Crippen LogP contribution in [0.15, 0.2) is 10.9 Å². The lowest BCUT2D eigenvalue weighted by Gasteiger charge is -1.99. The monoisotopic (exact) mass is 264 g/mol. The van der Waals surface area contributed by atoms with E-state index in [0.717, 1.165) is 9.36 Å². The number of carbonyl (C=O) groups is 2. The first-order chi connectivity index (χ1) is 8.82. The molecule has 0 unspecified atom stereocenters. The fourth-order valence-electron chi connectivity index (χ4n) is 1.74. The minimum atomic E-state index is -0.660. The van der Waals surface area contributed by atoms with Gasteiger partial charge in [-0.2, -0.15) is 9.36 Å². The third-order valence-electron chi connectivity index (χ3n) is 2.52. The van der Waals surface area contributed by atoms with Gasteiger partial charge in [0.15, 0.2) is 0 Å². The number of aromatic nitrogens is 4. The number of nitrogens with two attached hydrogens (primary N) is 2. The molecule has 0 aromatic carbocycles. The molecule has 2 aromatic heterocycles. The zero-order valence-electron chi connectivity index (χ0n) is 10.3. The molecular weight excluding hydrogens is 252 g/mol. The minimum Gasteiger partial charge on any atom is -0.383 e. The van der Waals surface area contributed by atoms with Crippen molar-refractivity contribution in [1.82, 2.24) is 19.6 Å². The van der Waals surface area contributed by atoms with Gasteiger partial charge in [0.1, 0.15) is 17.2 Å². The van der Waals surface area contributed by atoms with Crippen LogP contribution in [-0.2, 0) is 0 Å². The van der Waals surface area contributed by atoms with Crippen molar-refractivity contribution in [2.75, 3.05) is 11.5 Å². The van der Waals surface area contributed by atoms with Crippen LogP contribution in [0.1, 0.15) is 23.4 Å². The van der Waals surface area contributed by atoms with Crippen LogP contribution in [0.25, 0.3) is 11.3 Å². The first-order valence-corrected chi connectivity index (χ1v) is 5.31. The molecule has 0 saturated carbocycles. The largest absolute Gasteiger partial charge is 0.383 e. The number of aromatic amines is 1. The molecule has 19 heavy (non-hydrogen) atoms. The minimum absolute atomic E-state index is 0.0189. The Balaban J connectivity index is 2.76. The highest BCUT2D eigenvalue weighted by Crippen LogP contribution is 2.22. The standard InChI is InChI=1S/C10H12N6O3/c1-4(17)15-6(3-7(11)13-15)8-9(12)14-16(5(2)18)10(8)19/h3,14H,12H2,1-2H3,(H2,11,13). The molecule has 0 aliphatic heterocycles. The van der Waals surface area contributed by atoms with Crippen molar-refractivity contribution in [3.63, 3.8) is 0 Å². The molecule has 0 spiro atoms. The number of nitrogens with one attached hydrogen (secondary N) is 1. The number of rotatable bonds is 1. The van der Waals surface area contributed by atoms with Gasteiger partial charge in [-0.05, 0) is 0 Å². The smallest absolute Gasteiger partial charge is 0.285 e. The summed E-state index contributed by atoms with van der Waals surface area (Å²) in [4.78, 5) is 34.7. The first kappa shape index (κ1) is 12.6. The first-order valence-electron chi connectivity index (χ1n) is 5.31. The van der Waals surface area contributed by atoms with E-state index < -0.39 is 17.4 Å². The maximum Gasteiger partial charge on any atom is 0.285 e. The zero-order chi connectivity index (χ0) is 14.3. The quantitative estimate of drug-likeness (QED) is 0.635. The average Bonchev–Trinajstić information content (AvgIpc) is 2.79. The van der Waals surface area contributed by atoms with E-state index >= 15 is 0 Å². The zero-order valence-corrected chi connectivity index (χ0v) is 10.3. The Morgan fingerprint density at radius 2 is 1.89 bits per heavy atom. The third kappa shape index (κ3) is 1.90. The SMILES string of the molecule is CC(=O)n1nc(N)cc1-c1c(N)[nH]n(C(C)=O)c1=O.